The van der Waals surface area contributed by atoms with E-state index in [-0.39, 0.29) is 66.4 Å². The van der Waals surface area contributed by atoms with Crippen molar-refractivity contribution in [2.24, 2.45) is 40.6 Å². The molecule has 1 saturated heterocycles. The van der Waals surface area contributed by atoms with E-state index >= 15 is 0 Å². The molecule has 1 aliphatic rings. The van der Waals surface area contributed by atoms with Gasteiger partial charge in [-0.1, -0.05) is 66.9 Å². The van der Waals surface area contributed by atoms with Crippen LogP contribution in [0.25, 0.3) is 10.4 Å². The summed E-state index contributed by atoms with van der Waals surface area (Å²) < 4.78 is 16.8. The minimum absolute atomic E-state index is 0.00699. The van der Waals surface area contributed by atoms with E-state index in [1.165, 1.54) is 21.3 Å². The summed E-state index contributed by atoms with van der Waals surface area (Å²) in [6.07, 6.45) is 0.677. The van der Waals surface area contributed by atoms with E-state index in [1.807, 2.05) is 60.5 Å². The Hall–Kier alpha value is -3.06. The molecule has 10 atom stereocenters. The minimum Gasteiger partial charge on any atom is -0.469 e. The highest BCUT2D eigenvalue weighted by Gasteiger charge is 2.44. The topological polar surface area (TPSA) is 172 Å². The molecule has 2 amide bonds. The Morgan fingerprint density at radius 3 is 1.92 bits per heavy atom. The van der Waals surface area contributed by atoms with Gasteiger partial charge in [-0.05, 0) is 50.2 Å². The van der Waals surface area contributed by atoms with Gasteiger partial charge in [-0.2, -0.15) is 0 Å². The fraction of sp³-hybridized carbons (Fsp3) is 0.868. The van der Waals surface area contributed by atoms with E-state index < -0.39 is 54.1 Å². The van der Waals surface area contributed by atoms with E-state index in [2.05, 4.69) is 10.0 Å². The Balaban J connectivity index is 3.38. The molecule has 52 heavy (non-hydrogen) atoms. The molecule has 0 unspecified atom stereocenters. The maximum atomic E-state index is 14.3. The number of esters is 1. The molecule has 1 rings (SSSR count). The number of methoxy groups -OCH3 is 3. The number of likely N-dealkylation sites (tertiary alicyclic amines) is 1. The quantitative estimate of drug-likeness (QED) is 0.0594. The average Bonchev–Trinajstić information content (AvgIpc) is 3.57. The molecule has 0 bridgehead atoms. The van der Waals surface area contributed by atoms with Crippen LogP contribution in [0.3, 0.4) is 0 Å². The fourth-order valence-electron chi connectivity index (χ4n) is 7.97. The smallest absolute Gasteiger partial charge is 0.309 e. The number of rotatable bonds is 23. The van der Waals surface area contributed by atoms with Gasteiger partial charge < -0.3 is 24.0 Å². The van der Waals surface area contributed by atoms with Crippen LogP contribution in [0.4, 0.5) is 0 Å². The second-order valence-corrected chi connectivity index (χ2v) is 15.5. The number of amides is 2. The van der Waals surface area contributed by atoms with E-state index in [4.69, 9.17) is 14.2 Å². The molecule has 0 aromatic carbocycles. The molecule has 14 nitrogen and oxygen atoms in total. The van der Waals surface area contributed by atoms with Gasteiger partial charge in [0.15, 0.2) is 5.78 Å². The fourth-order valence-corrected chi connectivity index (χ4v) is 7.97. The number of carbonyl (C=O) groups excluding carboxylic acids is 5. The first-order valence-corrected chi connectivity index (χ1v) is 18.8. The van der Waals surface area contributed by atoms with E-state index in [0.29, 0.717) is 19.4 Å². The normalized spacial score (nSPS) is 19.9. The molecule has 1 heterocycles. The number of ether oxygens (including phenoxy) is 3. The molecule has 0 aliphatic carbocycles. The van der Waals surface area contributed by atoms with Crippen molar-refractivity contribution in [3.05, 3.63) is 10.4 Å². The van der Waals surface area contributed by atoms with E-state index in [1.54, 1.807) is 30.7 Å². The summed E-state index contributed by atoms with van der Waals surface area (Å²) in [5.74, 6) is -3.44. The van der Waals surface area contributed by atoms with Crippen LogP contribution < -0.4 is 0 Å². The standard InChI is InChI=1S/C38H68N6O8/c1-15-24(6)35(43(11)37(48)28(26(8)40-41-39)20-31(46)34(23(4)5)42(9)10)32(50-12)21-33(47)44-18-16-17-29(44)36(51-13)25(7)30(45)19-27(22(2)3)38(49)52-14/h22-29,32,34-36H,15-21H2,1-14H3/t24-,25-,26-,27-,28-,29-,32+,34-,35-,36+/m0/s1. The molecule has 1 fully saturated rings. The van der Waals surface area contributed by atoms with Crippen LogP contribution >= 0.6 is 0 Å². The summed E-state index contributed by atoms with van der Waals surface area (Å²) >= 11 is 0. The van der Waals surface area contributed by atoms with Gasteiger partial charge in [0.1, 0.15) is 5.78 Å². The second-order valence-electron chi connectivity index (χ2n) is 15.5. The van der Waals surface area contributed by atoms with Gasteiger partial charge in [0, 0.05) is 57.5 Å². The van der Waals surface area contributed by atoms with Gasteiger partial charge in [0.25, 0.3) is 0 Å². The maximum absolute atomic E-state index is 14.3. The molecular formula is C38H68N6O8. The van der Waals surface area contributed by atoms with Gasteiger partial charge in [0.2, 0.25) is 11.8 Å². The lowest BCUT2D eigenvalue weighted by molar-refractivity contribution is -0.150. The summed E-state index contributed by atoms with van der Waals surface area (Å²) in [6.45, 7) is 15.6. The van der Waals surface area contributed by atoms with E-state index in [9.17, 15) is 29.5 Å². The van der Waals surface area contributed by atoms with Crippen molar-refractivity contribution >= 4 is 29.4 Å². The third-order valence-corrected chi connectivity index (χ3v) is 11.2. The van der Waals surface area contributed by atoms with Gasteiger partial charge in [0.05, 0.1) is 55.7 Å². The summed E-state index contributed by atoms with van der Waals surface area (Å²) in [4.78, 5) is 76.0. The first-order chi connectivity index (χ1) is 24.3. The SMILES string of the molecule is CC[C@H](C)[C@@H]([C@@H](CC(=O)N1CCC[C@H]1[C@H](OC)[C@@H](C)C(=O)C[C@H](C(=O)OC)C(C)C)OC)N(C)C(=O)[C@@H](CC(=O)[C@H](C(C)C)N(C)C)[C@H](C)N=[N+]=[N-]. The van der Waals surface area contributed by atoms with Crippen molar-refractivity contribution < 1.29 is 38.2 Å². The highest BCUT2D eigenvalue weighted by molar-refractivity contribution is 5.90. The first kappa shape index (κ1) is 47.0. The molecule has 1 aliphatic heterocycles. The molecular weight excluding hydrogens is 668 g/mol. The van der Waals surface area contributed by atoms with Crippen LogP contribution in [0.2, 0.25) is 0 Å². The van der Waals surface area contributed by atoms with Crippen molar-refractivity contribution in [2.75, 3.05) is 49.0 Å². The number of nitrogens with zero attached hydrogens (tertiary/aromatic N) is 6. The number of ketones is 2. The van der Waals surface area contributed by atoms with Gasteiger partial charge in [-0.3, -0.25) is 28.9 Å². The Kier molecular flexibility index (Phi) is 20.1. The van der Waals surface area contributed by atoms with Crippen LogP contribution in [-0.4, -0.2) is 129 Å². The first-order valence-electron chi connectivity index (χ1n) is 18.8. The molecule has 0 aromatic rings. The molecule has 0 radical (unpaired) electrons. The van der Waals surface area contributed by atoms with Gasteiger partial charge in [-0.15, -0.1) is 0 Å². The highest BCUT2D eigenvalue weighted by Crippen LogP contribution is 2.32. The van der Waals surface area contributed by atoms with Crippen molar-refractivity contribution in [1.82, 2.24) is 14.7 Å². The number of carbonyl (C=O) groups is 5. The Morgan fingerprint density at radius 2 is 1.46 bits per heavy atom. The number of hydrogen-bond donors (Lipinski definition) is 0. The number of hydrogen-bond acceptors (Lipinski definition) is 10. The summed E-state index contributed by atoms with van der Waals surface area (Å²) in [5.41, 5.74) is 9.26. The maximum Gasteiger partial charge on any atom is 0.309 e. The van der Waals surface area contributed by atoms with Crippen molar-refractivity contribution in [1.29, 1.82) is 0 Å². The average molecular weight is 737 g/mol. The van der Waals surface area contributed by atoms with Gasteiger partial charge in [-0.25, -0.2) is 0 Å². The summed E-state index contributed by atoms with van der Waals surface area (Å²) in [5, 5.41) is 3.83. The summed E-state index contributed by atoms with van der Waals surface area (Å²) in [6, 6.07) is -2.11. The Labute approximate surface area is 312 Å². The Morgan fingerprint density at radius 1 is 0.865 bits per heavy atom. The highest BCUT2D eigenvalue weighted by atomic mass is 16.5. The van der Waals surface area contributed by atoms with Crippen LogP contribution in [-0.2, 0) is 38.2 Å². The van der Waals surface area contributed by atoms with Crippen LogP contribution in [0.5, 0.6) is 0 Å². The monoisotopic (exact) mass is 737 g/mol. The molecule has 298 valence electrons. The second kappa shape index (κ2) is 22.2. The van der Waals surface area contributed by atoms with Crippen LogP contribution in [0, 0.1) is 35.5 Å². The molecule has 0 aromatic heterocycles. The zero-order valence-corrected chi connectivity index (χ0v) is 34.3. The van der Waals surface area contributed by atoms with E-state index in [0.717, 1.165) is 6.42 Å². The zero-order chi connectivity index (χ0) is 40.0. The van der Waals surface area contributed by atoms with Gasteiger partial charge >= 0.3 is 5.97 Å². The predicted octanol–water partition coefficient (Wildman–Crippen LogP) is 5.17. The van der Waals surface area contributed by atoms with Crippen molar-refractivity contribution in [2.45, 2.75) is 130 Å². The lowest BCUT2D eigenvalue weighted by Gasteiger charge is -2.41. The number of likely N-dealkylation sites (N-methyl/N-ethyl adjacent to an activating group) is 2. The van der Waals surface area contributed by atoms with Crippen molar-refractivity contribution in [3.8, 4) is 0 Å². The minimum atomic E-state index is -0.909. The molecule has 0 spiro atoms. The zero-order valence-electron chi connectivity index (χ0n) is 34.3. The van der Waals surface area contributed by atoms with Crippen molar-refractivity contribution in [3.63, 3.8) is 0 Å². The molecule has 0 saturated carbocycles. The largest absolute Gasteiger partial charge is 0.469 e. The lowest BCUT2D eigenvalue weighted by atomic mass is 9.84. The third kappa shape index (κ3) is 12.2. The summed E-state index contributed by atoms with van der Waals surface area (Å²) in [7, 11) is 9.68. The Bertz CT molecular complexity index is 1230. The molecule has 0 N–H and O–H groups in total. The van der Waals surface area contributed by atoms with Crippen LogP contribution in [0.15, 0.2) is 5.11 Å². The molecule has 14 heteroatoms. The number of azide groups is 1. The van der Waals surface area contributed by atoms with Crippen LogP contribution in [0.1, 0.15) is 93.9 Å². The third-order valence-electron chi connectivity index (χ3n) is 11.2. The predicted molar refractivity (Wildman–Crippen MR) is 200 cm³/mol. The lowest BCUT2D eigenvalue weighted by Crippen LogP contribution is -2.54. The number of Topliss-reactive ketones (excluding diaryl/α,β-unsaturated/α-hetero) is 2.